The number of hydrogen-bond acceptors (Lipinski definition) is 6. The molecule has 1 fully saturated rings. The number of nitrogens with one attached hydrogen (secondary N) is 1. The number of aryl methyl sites for hydroxylation is 1. The van der Waals surface area contributed by atoms with Crippen molar-refractivity contribution in [3.8, 4) is 11.5 Å². The Labute approximate surface area is 188 Å². The van der Waals surface area contributed by atoms with Crippen molar-refractivity contribution in [1.82, 2.24) is 9.88 Å². The van der Waals surface area contributed by atoms with E-state index in [1.54, 1.807) is 18.2 Å². The Morgan fingerprint density at radius 1 is 1.06 bits per heavy atom. The summed E-state index contributed by atoms with van der Waals surface area (Å²) in [4.78, 5) is 43.3. The van der Waals surface area contributed by atoms with Crippen LogP contribution in [0.1, 0.15) is 69.2 Å². The minimum Gasteiger partial charge on any atom is -0.486 e. The third-order valence-corrected chi connectivity index (χ3v) is 6.69. The van der Waals surface area contributed by atoms with Crippen molar-refractivity contribution < 1.29 is 23.9 Å². The number of H-pyrrole nitrogens is 1. The van der Waals surface area contributed by atoms with E-state index in [-0.39, 0.29) is 29.3 Å². The second-order valence-corrected chi connectivity index (χ2v) is 8.75. The zero-order valence-electron chi connectivity index (χ0n) is 19.1. The molecule has 2 aliphatic heterocycles. The van der Waals surface area contributed by atoms with E-state index in [9.17, 15) is 14.4 Å². The maximum atomic E-state index is 13.1. The monoisotopic (exact) mass is 438 g/mol. The molecule has 0 bridgehead atoms. The second-order valence-electron chi connectivity index (χ2n) is 8.75. The van der Waals surface area contributed by atoms with Crippen LogP contribution in [-0.4, -0.2) is 59.6 Å². The molecule has 0 aliphatic carbocycles. The molecular weight excluding hydrogens is 408 g/mol. The average molecular weight is 439 g/mol. The molecule has 7 nitrogen and oxygen atoms in total. The van der Waals surface area contributed by atoms with Gasteiger partial charge in [0.05, 0.1) is 11.7 Å². The van der Waals surface area contributed by atoms with E-state index in [2.05, 4.69) is 9.88 Å². The van der Waals surface area contributed by atoms with Crippen LogP contribution in [0.5, 0.6) is 11.5 Å². The van der Waals surface area contributed by atoms with Crippen LogP contribution in [0, 0.1) is 19.8 Å². The molecule has 2 aliphatic rings. The van der Waals surface area contributed by atoms with E-state index >= 15 is 0 Å². The molecule has 0 saturated carbocycles. The summed E-state index contributed by atoms with van der Waals surface area (Å²) >= 11 is 0. The molecule has 32 heavy (non-hydrogen) atoms. The normalized spacial score (nSPS) is 17.8. The van der Waals surface area contributed by atoms with Crippen LogP contribution in [0.25, 0.3) is 0 Å². The summed E-state index contributed by atoms with van der Waals surface area (Å²) in [5, 5.41) is 0. The number of likely N-dealkylation sites (tertiary alicyclic amines) is 1. The first-order chi connectivity index (χ1) is 15.3. The van der Waals surface area contributed by atoms with Crippen molar-refractivity contribution in [3.05, 3.63) is 46.3 Å². The van der Waals surface area contributed by atoms with Gasteiger partial charge in [0.2, 0.25) is 0 Å². The van der Waals surface area contributed by atoms with E-state index in [0.29, 0.717) is 67.5 Å². The number of carbonyl (C=O) groups excluding carboxylic acids is 3. The van der Waals surface area contributed by atoms with Crippen LogP contribution in [0.4, 0.5) is 0 Å². The number of nitrogens with zero attached hydrogens (tertiary/aromatic N) is 1. The van der Waals surface area contributed by atoms with Gasteiger partial charge in [0.15, 0.2) is 28.8 Å². The molecule has 170 valence electrons. The molecule has 1 atom stereocenters. The number of ether oxygens (including phenoxy) is 2. The van der Waals surface area contributed by atoms with Crippen LogP contribution in [0.2, 0.25) is 0 Å². The van der Waals surface area contributed by atoms with Crippen molar-refractivity contribution in [1.29, 1.82) is 0 Å². The first-order valence-electron chi connectivity index (χ1n) is 11.2. The van der Waals surface area contributed by atoms with Gasteiger partial charge in [0.1, 0.15) is 13.2 Å². The smallest absolute Gasteiger partial charge is 0.196 e. The van der Waals surface area contributed by atoms with E-state index < -0.39 is 0 Å². The fraction of sp³-hybridized carbons (Fsp3) is 0.480. The predicted molar refractivity (Wildman–Crippen MR) is 120 cm³/mol. The Hall–Kier alpha value is -2.93. The van der Waals surface area contributed by atoms with Crippen molar-refractivity contribution in [2.24, 2.45) is 5.92 Å². The van der Waals surface area contributed by atoms with Gasteiger partial charge in [-0.3, -0.25) is 19.3 Å². The summed E-state index contributed by atoms with van der Waals surface area (Å²) in [5.74, 6) is 1.28. The second kappa shape index (κ2) is 8.90. The lowest BCUT2D eigenvalue weighted by molar-refractivity contribution is 0.0709. The third kappa shape index (κ3) is 4.09. The van der Waals surface area contributed by atoms with Gasteiger partial charge in [-0.2, -0.15) is 0 Å². The lowest BCUT2D eigenvalue weighted by Gasteiger charge is -2.34. The standard InChI is InChI=1S/C25H30N2O5/c1-14-22(17(4)28)15(2)26-23(14)24(29)16(3)27-9-7-18(8-10-27)25(30)19-5-6-20-21(13-19)32-12-11-31-20/h5-6,13,16,18,26H,7-12H2,1-4H3/t16-/m0/s1. The number of fused-ring (bicyclic) bond motifs is 1. The Morgan fingerprint density at radius 3 is 2.34 bits per heavy atom. The predicted octanol–water partition coefficient (Wildman–Crippen LogP) is 3.77. The largest absolute Gasteiger partial charge is 0.486 e. The van der Waals surface area contributed by atoms with Gasteiger partial charge in [-0.15, -0.1) is 0 Å². The van der Waals surface area contributed by atoms with Crippen molar-refractivity contribution >= 4 is 17.3 Å². The molecule has 0 unspecified atom stereocenters. The fourth-order valence-corrected chi connectivity index (χ4v) is 4.88. The van der Waals surface area contributed by atoms with Gasteiger partial charge in [-0.05, 0) is 77.4 Å². The fourth-order valence-electron chi connectivity index (χ4n) is 4.88. The number of Topliss-reactive ketones (excluding diaryl/α,β-unsaturated/α-hetero) is 3. The number of aromatic nitrogens is 1. The summed E-state index contributed by atoms with van der Waals surface area (Å²) in [7, 11) is 0. The van der Waals surface area contributed by atoms with Crippen LogP contribution < -0.4 is 9.47 Å². The maximum Gasteiger partial charge on any atom is 0.196 e. The Balaban J connectivity index is 1.40. The number of aromatic amines is 1. The zero-order chi connectivity index (χ0) is 23.0. The highest BCUT2D eigenvalue weighted by atomic mass is 16.6. The molecule has 0 spiro atoms. The van der Waals surface area contributed by atoms with Gasteiger partial charge < -0.3 is 14.5 Å². The van der Waals surface area contributed by atoms with E-state index in [1.165, 1.54) is 6.92 Å². The van der Waals surface area contributed by atoms with Gasteiger partial charge in [0.25, 0.3) is 0 Å². The lowest BCUT2D eigenvalue weighted by Crippen LogP contribution is -2.45. The Morgan fingerprint density at radius 2 is 1.72 bits per heavy atom. The van der Waals surface area contributed by atoms with Crippen LogP contribution in [-0.2, 0) is 0 Å². The van der Waals surface area contributed by atoms with E-state index in [0.717, 1.165) is 11.3 Å². The van der Waals surface area contributed by atoms with Gasteiger partial charge in [-0.25, -0.2) is 0 Å². The van der Waals surface area contributed by atoms with Crippen molar-refractivity contribution in [3.63, 3.8) is 0 Å². The third-order valence-electron chi connectivity index (χ3n) is 6.69. The number of hydrogen-bond donors (Lipinski definition) is 1. The highest BCUT2D eigenvalue weighted by Crippen LogP contribution is 2.33. The average Bonchev–Trinajstić information content (AvgIpc) is 3.11. The summed E-state index contributed by atoms with van der Waals surface area (Å²) in [5.41, 5.74) is 3.20. The minimum absolute atomic E-state index is 0.0188. The molecule has 1 aromatic heterocycles. The van der Waals surface area contributed by atoms with E-state index in [4.69, 9.17) is 9.47 Å². The molecule has 4 rings (SSSR count). The Kier molecular flexibility index (Phi) is 6.20. The number of rotatable bonds is 6. The van der Waals surface area contributed by atoms with Crippen molar-refractivity contribution in [2.45, 2.75) is 46.6 Å². The number of piperidine rings is 1. The number of benzene rings is 1. The first-order valence-corrected chi connectivity index (χ1v) is 11.2. The topological polar surface area (TPSA) is 88.7 Å². The highest BCUT2D eigenvalue weighted by Gasteiger charge is 2.32. The molecule has 1 saturated heterocycles. The van der Waals surface area contributed by atoms with Gasteiger partial charge in [-0.1, -0.05) is 0 Å². The summed E-state index contributed by atoms with van der Waals surface area (Å²) in [6, 6.07) is 5.06. The van der Waals surface area contributed by atoms with Crippen LogP contribution in [0.15, 0.2) is 18.2 Å². The summed E-state index contributed by atoms with van der Waals surface area (Å²) in [6.45, 7) is 9.41. The highest BCUT2D eigenvalue weighted by molar-refractivity contribution is 6.05. The molecule has 0 radical (unpaired) electrons. The molecule has 1 aromatic carbocycles. The SMILES string of the molecule is CC(=O)c1c(C)[nH]c(C(=O)[C@H](C)N2CCC(C(=O)c3ccc4c(c3)OCCO4)CC2)c1C. The molecule has 1 N–H and O–H groups in total. The van der Waals surface area contributed by atoms with E-state index in [1.807, 2.05) is 20.8 Å². The number of ketones is 3. The summed E-state index contributed by atoms with van der Waals surface area (Å²) < 4.78 is 11.1. The first kappa shape index (κ1) is 22.3. The maximum absolute atomic E-state index is 13.1. The quantitative estimate of drug-likeness (QED) is 0.691. The minimum atomic E-state index is -0.322. The molecular formula is C25H30N2O5. The summed E-state index contributed by atoms with van der Waals surface area (Å²) in [6.07, 6.45) is 1.40. The van der Waals surface area contributed by atoms with Crippen LogP contribution in [0.3, 0.4) is 0 Å². The zero-order valence-corrected chi connectivity index (χ0v) is 19.1. The van der Waals surface area contributed by atoms with Crippen molar-refractivity contribution in [2.75, 3.05) is 26.3 Å². The lowest BCUT2D eigenvalue weighted by atomic mass is 9.88. The molecule has 3 heterocycles. The van der Waals surface area contributed by atoms with Gasteiger partial charge in [0, 0.05) is 22.7 Å². The van der Waals surface area contributed by atoms with Crippen LogP contribution >= 0.6 is 0 Å². The molecule has 7 heteroatoms. The van der Waals surface area contributed by atoms with Gasteiger partial charge >= 0.3 is 0 Å². The molecule has 2 aromatic rings. The molecule has 0 amide bonds. The number of carbonyl (C=O) groups is 3. The Bertz CT molecular complexity index is 1060.